The molecule has 0 spiro atoms. The van der Waals surface area contributed by atoms with E-state index in [1.807, 2.05) is 26.8 Å². The zero-order valence-corrected chi connectivity index (χ0v) is 11.1. The molecule has 0 heterocycles. The molecule has 1 amide bonds. The molecule has 1 aromatic carbocycles. The predicted molar refractivity (Wildman–Crippen MR) is 69.4 cm³/mol. The third kappa shape index (κ3) is 4.02. The van der Waals surface area contributed by atoms with Gasteiger partial charge in [-0.2, -0.15) is 0 Å². The highest BCUT2D eigenvalue weighted by Gasteiger charge is 2.21. The fourth-order valence-corrected chi connectivity index (χ4v) is 1.73. The average molecular weight is 256 g/mol. The second kappa shape index (κ2) is 5.52. The van der Waals surface area contributed by atoms with Gasteiger partial charge in [-0.15, -0.1) is 0 Å². The smallest absolute Gasteiger partial charge is 0.252 e. The van der Waals surface area contributed by atoms with Gasteiger partial charge in [0, 0.05) is 22.7 Å². The van der Waals surface area contributed by atoms with Crippen molar-refractivity contribution in [1.82, 2.24) is 5.32 Å². The molecule has 0 bridgehead atoms. The van der Waals surface area contributed by atoms with Crippen LogP contribution in [0.15, 0.2) is 18.2 Å². The van der Waals surface area contributed by atoms with Crippen molar-refractivity contribution in [3.05, 3.63) is 34.3 Å². The van der Waals surface area contributed by atoms with Crippen molar-refractivity contribution < 1.29 is 9.90 Å². The normalized spacial score (nSPS) is 11.4. The molecule has 0 unspecified atom stereocenters. The van der Waals surface area contributed by atoms with Crippen molar-refractivity contribution in [2.24, 2.45) is 0 Å². The van der Waals surface area contributed by atoms with Gasteiger partial charge in [0.1, 0.15) is 0 Å². The Morgan fingerprint density at radius 2 is 2.12 bits per heavy atom. The van der Waals surface area contributed by atoms with Crippen molar-refractivity contribution in [1.29, 1.82) is 0 Å². The van der Waals surface area contributed by atoms with Crippen molar-refractivity contribution in [3.8, 4) is 0 Å². The van der Waals surface area contributed by atoms with Crippen LogP contribution < -0.4 is 5.32 Å². The van der Waals surface area contributed by atoms with Gasteiger partial charge in [0.2, 0.25) is 0 Å². The van der Waals surface area contributed by atoms with E-state index < -0.39 is 5.54 Å². The molecular formula is C13H18ClNO2. The van der Waals surface area contributed by atoms with Gasteiger partial charge >= 0.3 is 0 Å². The summed E-state index contributed by atoms with van der Waals surface area (Å²) in [6.07, 6.45) is 0.512. The highest BCUT2D eigenvalue weighted by atomic mass is 35.5. The Bertz CT molecular complexity index is 416. The molecule has 0 aliphatic rings. The number of benzene rings is 1. The van der Waals surface area contributed by atoms with Gasteiger partial charge in [0.05, 0.1) is 0 Å². The van der Waals surface area contributed by atoms with Crippen LogP contribution in [0, 0.1) is 6.92 Å². The summed E-state index contributed by atoms with van der Waals surface area (Å²) in [4.78, 5) is 12.1. The lowest BCUT2D eigenvalue weighted by Crippen LogP contribution is -2.44. The van der Waals surface area contributed by atoms with Gasteiger partial charge in [-0.1, -0.05) is 17.7 Å². The van der Waals surface area contributed by atoms with E-state index in [-0.39, 0.29) is 12.5 Å². The topological polar surface area (TPSA) is 49.3 Å². The summed E-state index contributed by atoms with van der Waals surface area (Å²) in [5.74, 6) is -0.163. The fourth-order valence-electron chi connectivity index (χ4n) is 1.56. The van der Waals surface area contributed by atoms with E-state index in [9.17, 15) is 4.79 Å². The quantitative estimate of drug-likeness (QED) is 0.869. The van der Waals surface area contributed by atoms with Gasteiger partial charge in [-0.25, -0.2) is 0 Å². The number of aryl methyl sites for hydroxylation is 1. The number of rotatable bonds is 4. The molecule has 0 fully saturated rings. The third-order valence-corrected chi connectivity index (χ3v) is 2.87. The molecule has 4 heteroatoms. The van der Waals surface area contributed by atoms with Gasteiger partial charge in [0.15, 0.2) is 0 Å². The molecule has 2 N–H and O–H groups in total. The molecule has 0 aliphatic heterocycles. The van der Waals surface area contributed by atoms with Crippen LogP contribution in [0.4, 0.5) is 0 Å². The van der Waals surface area contributed by atoms with Crippen LogP contribution in [0.5, 0.6) is 0 Å². The highest BCUT2D eigenvalue weighted by molar-refractivity contribution is 6.31. The summed E-state index contributed by atoms with van der Waals surface area (Å²) < 4.78 is 0. The van der Waals surface area contributed by atoms with Gasteiger partial charge in [-0.05, 0) is 44.9 Å². The minimum atomic E-state index is -0.430. The number of amides is 1. The Balaban J connectivity index is 2.86. The zero-order valence-electron chi connectivity index (χ0n) is 10.4. The Kier molecular flexibility index (Phi) is 4.54. The van der Waals surface area contributed by atoms with Crippen molar-refractivity contribution in [2.75, 3.05) is 6.61 Å². The molecule has 0 aromatic heterocycles. The van der Waals surface area contributed by atoms with Crippen LogP contribution >= 0.6 is 11.6 Å². The first-order chi connectivity index (χ1) is 7.85. The summed E-state index contributed by atoms with van der Waals surface area (Å²) in [7, 11) is 0. The maximum atomic E-state index is 12.1. The van der Waals surface area contributed by atoms with Crippen LogP contribution in [-0.2, 0) is 0 Å². The summed E-state index contributed by atoms with van der Waals surface area (Å²) in [5.41, 5.74) is 1.02. The lowest BCUT2D eigenvalue weighted by Gasteiger charge is -2.25. The summed E-state index contributed by atoms with van der Waals surface area (Å²) in [6, 6.07) is 5.23. The maximum absolute atomic E-state index is 12.1. The van der Waals surface area contributed by atoms with E-state index >= 15 is 0 Å². The van der Waals surface area contributed by atoms with Gasteiger partial charge in [-0.3, -0.25) is 4.79 Å². The number of carbonyl (C=O) groups is 1. The predicted octanol–water partition coefficient (Wildman–Crippen LogP) is 2.54. The summed E-state index contributed by atoms with van der Waals surface area (Å²) >= 11 is 5.87. The summed E-state index contributed by atoms with van der Waals surface area (Å²) in [5, 5.41) is 12.3. The molecule has 0 atom stereocenters. The average Bonchev–Trinajstić information content (AvgIpc) is 2.20. The molecule has 3 nitrogen and oxygen atoms in total. The molecule has 0 radical (unpaired) electrons. The van der Waals surface area contributed by atoms with E-state index in [1.54, 1.807) is 12.1 Å². The van der Waals surface area contributed by atoms with Crippen LogP contribution in [0.3, 0.4) is 0 Å². The van der Waals surface area contributed by atoms with Crippen LogP contribution in [-0.4, -0.2) is 23.2 Å². The Morgan fingerprint density at radius 3 is 2.71 bits per heavy atom. The Morgan fingerprint density at radius 1 is 1.47 bits per heavy atom. The lowest BCUT2D eigenvalue weighted by atomic mass is 9.99. The molecule has 94 valence electrons. The number of aliphatic hydroxyl groups is 1. The minimum absolute atomic E-state index is 0.0435. The first-order valence-electron chi connectivity index (χ1n) is 5.55. The molecule has 0 saturated carbocycles. The van der Waals surface area contributed by atoms with E-state index in [0.717, 1.165) is 5.56 Å². The van der Waals surface area contributed by atoms with E-state index in [1.165, 1.54) is 0 Å². The van der Waals surface area contributed by atoms with Gasteiger partial charge in [0.25, 0.3) is 5.91 Å². The monoisotopic (exact) mass is 255 g/mol. The molecular weight excluding hydrogens is 238 g/mol. The number of carbonyl (C=O) groups excluding carboxylic acids is 1. The van der Waals surface area contributed by atoms with E-state index in [4.69, 9.17) is 16.7 Å². The minimum Gasteiger partial charge on any atom is -0.396 e. The maximum Gasteiger partial charge on any atom is 0.252 e. The highest BCUT2D eigenvalue weighted by Crippen LogP contribution is 2.17. The first kappa shape index (κ1) is 14.0. The van der Waals surface area contributed by atoms with Gasteiger partial charge < -0.3 is 10.4 Å². The number of hydrogen-bond donors (Lipinski definition) is 2. The van der Waals surface area contributed by atoms with Crippen molar-refractivity contribution in [3.63, 3.8) is 0 Å². The van der Waals surface area contributed by atoms with E-state index in [0.29, 0.717) is 17.0 Å². The number of halogens is 1. The lowest BCUT2D eigenvalue weighted by molar-refractivity contribution is 0.0899. The van der Waals surface area contributed by atoms with Crippen molar-refractivity contribution in [2.45, 2.75) is 32.7 Å². The van der Waals surface area contributed by atoms with Crippen LogP contribution in [0.25, 0.3) is 0 Å². The van der Waals surface area contributed by atoms with E-state index in [2.05, 4.69) is 5.32 Å². The molecule has 0 saturated heterocycles. The zero-order chi connectivity index (χ0) is 13.1. The molecule has 1 rings (SSSR count). The largest absolute Gasteiger partial charge is 0.396 e. The third-order valence-electron chi connectivity index (χ3n) is 2.63. The second-order valence-electron chi connectivity index (χ2n) is 4.77. The number of nitrogens with one attached hydrogen (secondary N) is 1. The molecule has 17 heavy (non-hydrogen) atoms. The Hall–Kier alpha value is -1.06. The first-order valence-corrected chi connectivity index (χ1v) is 5.93. The SMILES string of the molecule is Cc1ccc(Cl)cc1C(=O)NC(C)(C)CCO. The fraction of sp³-hybridized carbons (Fsp3) is 0.462. The molecule has 0 aliphatic carbocycles. The number of hydrogen-bond acceptors (Lipinski definition) is 2. The van der Waals surface area contributed by atoms with Crippen LogP contribution in [0.1, 0.15) is 36.2 Å². The standard InChI is InChI=1S/C13H18ClNO2/c1-9-4-5-10(14)8-11(9)12(17)15-13(2,3)6-7-16/h4-5,8,16H,6-7H2,1-3H3,(H,15,17). The Labute approximate surface area is 107 Å². The van der Waals surface area contributed by atoms with Crippen molar-refractivity contribution >= 4 is 17.5 Å². The molecule has 1 aromatic rings. The second-order valence-corrected chi connectivity index (χ2v) is 5.21. The number of aliphatic hydroxyl groups excluding tert-OH is 1. The van der Waals surface area contributed by atoms with Crippen LogP contribution in [0.2, 0.25) is 5.02 Å². The summed E-state index contributed by atoms with van der Waals surface area (Å²) in [6.45, 7) is 5.66.